The average molecular weight is 153 g/mol. The highest BCUT2D eigenvalue weighted by molar-refractivity contribution is 5.69. The van der Waals surface area contributed by atoms with Gasteiger partial charge < -0.3 is 16.2 Å². The number of hydrogen-bond donors (Lipinski definition) is 2. The van der Waals surface area contributed by atoms with E-state index in [-0.39, 0.29) is 11.6 Å². The molecule has 58 valence electrons. The fourth-order valence-corrected chi connectivity index (χ4v) is 0.597. The van der Waals surface area contributed by atoms with Crippen molar-refractivity contribution in [3.8, 4) is 5.75 Å². The highest BCUT2D eigenvalue weighted by atomic mass is 16.5. The van der Waals surface area contributed by atoms with Gasteiger partial charge in [0.15, 0.2) is 11.6 Å². The number of nitrogens with zero attached hydrogens (tertiary/aromatic N) is 1. The van der Waals surface area contributed by atoms with Gasteiger partial charge in [0.25, 0.3) is 0 Å². The standard InChI is InChI=1S/C6H7N3O2/c7-5-4(11-6(8)10)2-1-3-9-5/h1-3H,(H2,7,9)(H2,8,10). The van der Waals surface area contributed by atoms with Crippen LogP contribution in [0.5, 0.6) is 5.75 Å². The van der Waals surface area contributed by atoms with Crippen LogP contribution in [-0.2, 0) is 0 Å². The third kappa shape index (κ3) is 1.82. The summed E-state index contributed by atoms with van der Waals surface area (Å²) in [5.74, 6) is 0.325. The van der Waals surface area contributed by atoms with Crippen molar-refractivity contribution in [1.29, 1.82) is 0 Å². The van der Waals surface area contributed by atoms with E-state index in [9.17, 15) is 4.79 Å². The Morgan fingerprint density at radius 3 is 2.91 bits per heavy atom. The van der Waals surface area contributed by atoms with Crippen molar-refractivity contribution in [3.63, 3.8) is 0 Å². The molecule has 1 amide bonds. The Morgan fingerprint density at radius 2 is 2.36 bits per heavy atom. The minimum Gasteiger partial charge on any atom is -0.407 e. The van der Waals surface area contributed by atoms with E-state index < -0.39 is 6.09 Å². The van der Waals surface area contributed by atoms with Gasteiger partial charge in [-0.2, -0.15) is 0 Å². The maximum absolute atomic E-state index is 10.2. The molecule has 1 rings (SSSR count). The summed E-state index contributed by atoms with van der Waals surface area (Å²) < 4.78 is 4.50. The molecular weight excluding hydrogens is 146 g/mol. The van der Waals surface area contributed by atoms with Gasteiger partial charge in [0.05, 0.1) is 0 Å². The smallest absolute Gasteiger partial charge is 0.407 e. The molecule has 11 heavy (non-hydrogen) atoms. The van der Waals surface area contributed by atoms with Crippen LogP contribution >= 0.6 is 0 Å². The zero-order valence-electron chi connectivity index (χ0n) is 5.65. The van der Waals surface area contributed by atoms with Crippen LogP contribution in [0.1, 0.15) is 0 Å². The molecule has 1 aromatic heterocycles. The number of primary amides is 1. The fourth-order valence-electron chi connectivity index (χ4n) is 0.597. The lowest BCUT2D eigenvalue weighted by Crippen LogP contribution is -2.17. The molecule has 0 unspecified atom stereocenters. The van der Waals surface area contributed by atoms with Gasteiger partial charge in [0.2, 0.25) is 0 Å². The molecule has 0 aromatic carbocycles. The summed E-state index contributed by atoms with van der Waals surface area (Å²) in [4.78, 5) is 13.9. The lowest BCUT2D eigenvalue weighted by atomic mass is 10.4. The van der Waals surface area contributed by atoms with Crippen molar-refractivity contribution in [2.24, 2.45) is 5.73 Å². The maximum Gasteiger partial charge on any atom is 0.410 e. The summed E-state index contributed by atoms with van der Waals surface area (Å²) in [7, 11) is 0. The summed E-state index contributed by atoms with van der Waals surface area (Å²) in [6.07, 6.45) is 0.591. The van der Waals surface area contributed by atoms with E-state index in [1.807, 2.05) is 0 Å². The number of carbonyl (C=O) groups is 1. The van der Waals surface area contributed by atoms with E-state index in [1.54, 1.807) is 6.07 Å². The molecule has 5 heteroatoms. The third-order valence-corrected chi connectivity index (χ3v) is 1.01. The summed E-state index contributed by atoms with van der Waals surface area (Å²) in [5, 5.41) is 0. The zero-order chi connectivity index (χ0) is 8.27. The van der Waals surface area contributed by atoms with Crippen molar-refractivity contribution < 1.29 is 9.53 Å². The predicted molar refractivity (Wildman–Crippen MR) is 38.9 cm³/mol. The van der Waals surface area contributed by atoms with E-state index >= 15 is 0 Å². The molecule has 1 aromatic rings. The first-order valence-electron chi connectivity index (χ1n) is 2.88. The third-order valence-electron chi connectivity index (χ3n) is 1.01. The highest BCUT2D eigenvalue weighted by Crippen LogP contribution is 2.16. The second-order valence-corrected chi connectivity index (χ2v) is 1.81. The number of hydrogen-bond acceptors (Lipinski definition) is 4. The Labute approximate surface area is 63.0 Å². The monoisotopic (exact) mass is 153 g/mol. The van der Waals surface area contributed by atoms with E-state index in [1.165, 1.54) is 12.3 Å². The summed E-state index contributed by atoms with van der Waals surface area (Å²) in [6, 6.07) is 3.10. The molecule has 5 nitrogen and oxygen atoms in total. The Kier molecular flexibility index (Phi) is 1.91. The molecule has 0 saturated carbocycles. The van der Waals surface area contributed by atoms with E-state index in [0.717, 1.165) is 0 Å². The molecule has 0 fully saturated rings. The molecule has 0 saturated heterocycles. The predicted octanol–water partition coefficient (Wildman–Crippen LogP) is 0.121. The molecule has 0 atom stereocenters. The van der Waals surface area contributed by atoms with Gasteiger partial charge >= 0.3 is 6.09 Å². The van der Waals surface area contributed by atoms with Crippen LogP contribution in [0, 0.1) is 0 Å². The molecule has 0 aliphatic heterocycles. The lowest BCUT2D eigenvalue weighted by molar-refractivity contribution is 0.211. The van der Waals surface area contributed by atoms with Crippen LogP contribution in [0.2, 0.25) is 0 Å². The molecular formula is C6H7N3O2. The first-order chi connectivity index (χ1) is 5.20. The van der Waals surface area contributed by atoms with Gasteiger partial charge in [-0.25, -0.2) is 9.78 Å². The first-order valence-corrected chi connectivity index (χ1v) is 2.88. The summed E-state index contributed by atoms with van der Waals surface area (Å²) in [5.41, 5.74) is 10.1. The van der Waals surface area contributed by atoms with Crippen molar-refractivity contribution >= 4 is 11.9 Å². The van der Waals surface area contributed by atoms with Crippen LogP contribution in [-0.4, -0.2) is 11.1 Å². The van der Waals surface area contributed by atoms with Gasteiger partial charge in [-0.05, 0) is 12.1 Å². The van der Waals surface area contributed by atoms with Gasteiger partial charge in [-0.1, -0.05) is 0 Å². The number of amides is 1. The van der Waals surface area contributed by atoms with Crippen LogP contribution in [0.3, 0.4) is 0 Å². The van der Waals surface area contributed by atoms with Crippen molar-refractivity contribution in [2.45, 2.75) is 0 Å². The van der Waals surface area contributed by atoms with E-state index in [0.29, 0.717) is 0 Å². The maximum atomic E-state index is 10.2. The number of nitrogen functional groups attached to an aromatic ring is 1. The van der Waals surface area contributed by atoms with Crippen LogP contribution < -0.4 is 16.2 Å². The van der Waals surface area contributed by atoms with Crippen molar-refractivity contribution in [3.05, 3.63) is 18.3 Å². The first kappa shape index (κ1) is 7.33. The topological polar surface area (TPSA) is 91.2 Å². The van der Waals surface area contributed by atoms with Crippen molar-refractivity contribution in [1.82, 2.24) is 4.98 Å². The van der Waals surface area contributed by atoms with Gasteiger partial charge in [0.1, 0.15) is 0 Å². The minimum atomic E-state index is -0.898. The Hall–Kier alpha value is -1.78. The van der Waals surface area contributed by atoms with Gasteiger partial charge in [-0.15, -0.1) is 0 Å². The summed E-state index contributed by atoms with van der Waals surface area (Å²) >= 11 is 0. The number of carbonyl (C=O) groups excluding carboxylic acids is 1. The average Bonchev–Trinajstić information content (AvgIpc) is 1.93. The quantitative estimate of drug-likeness (QED) is 0.599. The zero-order valence-corrected chi connectivity index (χ0v) is 5.65. The number of rotatable bonds is 1. The normalized spacial score (nSPS) is 9.09. The number of anilines is 1. The second-order valence-electron chi connectivity index (χ2n) is 1.81. The molecule has 0 bridgehead atoms. The number of ether oxygens (including phenoxy) is 1. The Balaban J connectivity index is 2.86. The minimum absolute atomic E-state index is 0.145. The molecule has 0 aliphatic carbocycles. The van der Waals surface area contributed by atoms with E-state index in [4.69, 9.17) is 11.5 Å². The van der Waals surface area contributed by atoms with Gasteiger partial charge in [0, 0.05) is 6.20 Å². The Morgan fingerprint density at radius 1 is 1.64 bits per heavy atom. The molecule has 1 heterocycles. The molecule has 4 N–H and O–H groups in total. The van der Waals surface area contributed by atoms with E-state index in [2.05, 4.69) is 9.72 Å². The fraction of sp³-hybridized carbons (Fsp3) is 0. The number of pyridine rings is 1. The molecule has 0 radical (unpaired) electrons. The van der Waals surface area contributed by atoms with Gasteiger partial charge in [-0.3, -0.25) is 0 Å². The number of aromatic nitrogens is 1. The highest BCUT2D eigenvalue weighted by Gasteiger charge is 2.01. The van der Waals surface area contributed by atoms with Crippen molar-refractivity contribution in [2.75, 3.05) is 5.73 Å². The summed E-state index contributed by atoms with van der Waals surface area (Å²) in [6.45, 7) is 0. The van der Waals surface area contributed by atoms with Crippen LogP contribution in [0.25, 0.3) is 0 Å². The lowest BCUT2D eigenvalue weighted by Gasteiger charge is -2.01. The molecule has 0 spiro atoms. The second kappa shape index (κ2) is 2.87. The van der Waals surface area contributed by atoms with Crippen LogP contribution in [0.15, 0.2) is 18.3 Å². The SMILES string of the molecule is NC(=O)Oc1cccnc1N. The Bertz CT molecular complexity index is 274. The number of nitrogens with two attached hydrogens (primary N) is 2. The van der Waals surface area contributed by atoms with Crippen LogP contribution in [0.4, 0.5) is 10.6 Å². The largest absolute Gasteiger partial charge is 0.410 e. The molecule has 0 aliphatic rings.